The van der Waals surface area contributed by atoms with E-state index in [4.69, 9.17) is 0 Å². The van der Waals surface area contributed by atoms with E-state index in [1.165, 1.54) is 0 Å². The number of aryl methyl sites for hydroxylation is 3. The second-order valence-corrected chi connectivity index (χ2v) is 6.12. The van der Waals surface area contributed by atoms with Gasteiger partial charge in [-0.3, -0.25) is 14.3 Å². The van der Waals surface area contributed by atoms with Crippen LogP contribution in [-0.4, -0.2) is 43.6 Å². The average molecular weight is 315 g/mol. The Bertz CT molecular complexity index is 784. The minimum atomic E-state index is -0.114. The fraction of sp³-hybridized carbons (Fsp3) is 0.500. The lowest BCUT2D eigenvalue weighted by atomic mass is 9.93. The number of nitrogens with zero attached hydrogens (tertiary/aromatic N) is 4. The molecule has 7 heteroatoms. The van der Waals surface area contributed by atoms with Crippen LogP contribution in [0.15, 0.2) is 17.1 Å². The summed E-state index contributed by atoms with van der Waals surface area (Å²) in [5.74, 6) is 0.899. The van der Waals surface area contributed by atoms with Crippen molar-refractivity contribution in [3.05, 3.63) is 45.4 Å². The summed E-state index contributed by atoms with van der Waals surface area (Å²) in [7, 11) is 1.82. The number of hydrogen-bond donors (Lipinski definition) is 1. The maximum absolute atomic E-state index is 12.6. The van der Waals surface area contributed by atoms with Gasteiger partial charge >= 0.3 is 0 Å². The smallest absolute Gasteiger partial charge is 0.257 e. The van der Waals surface area contributed by atoms with Crippen LogP contribution in [0.5, 0.6) is 0 Å². The molecule has 0 saturated carbocycles. The standard InChI is InChI=1S/C16H21N5O2/c1-10-13(9-20(3)19-10)16(23)21-6-4-12(5-7-21)14-8-15(22)18-11(2)17-14/h8-9,12H,4-7H2,1-3H3,(H,17,18,22). The van der Waals surface area contributed by atoms with E-state index in [0.717, 1.165) is 24.2 Å². The van der Waals surface area contributed by atoms with Gasteiger partial charge in [0.25, 0.3) is 11.5 Å². The summed E-state index contributed by atoms with van der Waals surface area (Å²) in [6.07, 6.45) is 3.41. The number of rotatable bonds is 2. The van der Waals surface area contributed by atoms with Crippen molar-refractivity contribution in [2.45, 2.75) is 32.6 Å². The number of hydrogen-bond acceptors (Lipinski definition) is 4. The molecule has 1 amide bonds. The molecule has 3 heterocycles. The van der Waals surface area contributed by atoms with Crippen molar-refractivity contribution in [2.24, 2.45) is 7.05 Å². The van der Waals surface area contributed by atoms with Crippen molar-refractivity contribution < 1.29 is 4.79 Å². The average Bonchev–Trinajstić information content (AvgIpc) is 2.84. The number of aromatic nitrogens is 4. The third-order valence-corrected chi connectivity index (χ3v) is 4.32. The number of amides is 1. The SMILES string of the molecule is Cc1nc(C2CCN(C(=O)c3cn(C)nc3C)CC2)cc(=O)[nH]1. The lowest BCUT2D eigenvalue weighted by Crippen LogP contribution is -2.38. The number of likely N-dealkylation sites (tertiary alicyclic amines) is 1. The van der Waals surface area contributed by atoms with Crippen LogP contribution in [0, 0.1) is 13.8 Å². The summed E-state index contributed by atoms with van der Waals surface area (Å²) < 4.78 is 1.66. The maximum atomic E-state index is 12.6. The molecular weight excluding hydrogens is 294 g/mol. The highest BCUT2D eigenvalue weighted by Crippen LogP contribution is 2.27. The quantitative estimate of drug-likeness (QED) is 0.901. The van der Waals surface area contributed by atoms with Gasteiger partial charge in [-0.1, -0.05) is 0 Å². The van der Waals surface area contributed by atoms with Crippen LogP contribution < -0.4 is 5.56 Å². The highest BCUT2D eigenvalue weighted by Gasteiger charge is 2.27. The molecule has 3 rings (SSSR count). The van der Waals surface area contributed by atoms with Crippen LogP contribution in [0.1, 0.15) is 46.3 Å². The molecule has 2 aromatic rings. The summed E-state index contributed by atoms with van der Waals surface area (Å²) in [5, 5.41) is 4.23. The molecule has 0 atom stereocenters. The van der Waals surface area contributed by atoms with Gasteiger partial charge in [0, 0.05) is 38.3 Å². The number of aromatic amines is 1. The van der Waals surface area contributed by atoms with E-state index in [0.29, 0.717) is 24.5 Å². The monoisotopic (exact) mass is 315 g/mol. The van der Waals surface area contributed by atoms with Gasteiger partial charge in [0.05, 0.1) is 17.0 Å². The number of piperidine rings is 1. The molecule has 1 N–H and O–H groups in total. The Balaban J connectivity index is 1.69. The molecule has 1 saturated heterocycles. The van der Waals surface area contributed by atoms with Crippen molar-refractivity contribution in [1.82, 2.24) is 24.6 Å². The summed E-state index contributed by atoms with van der Waals surface area (Å²) >= 11 is 0. The molecule has 0 aromatic carbocycles. The molecule has 122 valence electrons. The van der Waals surface area contributed by atoms with Crippen molar-refractivity contribution in [1.29, 1.82) is 0 Å². The van der Waals surface area contributed by atoms with Crippen molar-refractivity contribution in [2.75, 3.05) is 13.1 Å². The fourth-order valence-corrected chi connectivity index (χ4v) is 3.17. The first-order chi connectivity index (χ1) is 10.9. The summed E-state index contributed by atoms with van der Waals surface area (Å²) in [6.45, 7) is 4.98. The normalized spacial score (nSPS) is 15.9. The second-order valence-electron chi connectivity index (χ2n) is 6.12. The molecular formula is C16H21N5O2. The molecule has 0 aliphatic carbocycles. The largest absolute Gasteiger partial charge is 0.338 e. The molecule has 7 nitrogen and oxygen atoms in total. The predicted octanol–water partition coefficient (Wildman–Crippen LogP) is 1.14. The van der Waals surface area contributed by atoms with E-state index in [1.54, 1.807) is 23.9 Å². The van der Waals surface area contributed by atoms with E-state index in [-0.39, 0.29) is 17.4 Å². The van der Waals surface area contributed by atoms with Gasteiger partial charge in [-0.05, 0) is 26.7 Å². The predicted molar refractivity (Wildman–Crippen MR) is 85.4 cm³/mol. The molecule has 1 fully saturated rings. The highest BCUT2D eigenvalue weighted by molar-refractivity contribution is 5.95. The molecule has 0 unspecified atom stereocenters. The van der Waals surface area contributed by atoms with Gasteiger partial charge < -0.3 is 9.88 Å². The molecule has 0 spiro atoms. The van der Waals surface area contributed by atoms with Crippen LogP contribution in [0.2, 0.25) is 0 Å². The van der Waals surface area contributed by atoms with Crippen LogP contribution in [0.3, 0.4) is 0 Å². The van der Waals surface area contributed by atoms with E-state index >= 15 is 0 Å². The Morgan fingerprint density at radius 3 is 2.57 bits per heavy atom. The van der Waals surface area contributed by atoms with Crippen molar-refractivity contribution >= 4 is 5.91 Å². The minimum Gasteiger partial charge on any atom is -0.338 e. The first-order valence-electron chi connectivity index (χ1n) is 7.81. The third-order valence-electron chi connectivity index (χ3n) is 4.32. The van der Waals surface area contributed by atoms with Gasteiger partial charge in [0.15, 0.2) is 0 Å². The maximum Gasteiger partial charge on any atom is 0.257 e. The molecule has 0 radical (unpaired) electrons. The van der Waals surface area contributed by atoms with Gasteiger partial charge in [-0.25, -0.2) is 4.98 Å². The Morgan fingerprint density at radius 1 is 1.30 bits per heavy atom. The number of nitrogens with one attached hydrogen (secondary N) is 1. The minimum absolute atomic E-state index is 0.0316. The zero-order chi connectivity index (χ0) is 16.6. The Hall–Kier alpha value is -2.44. The van der Waals surface area contributed by atoms with E-state index < -0.39 is 0 Å². The first kappa shape index (κ1) is 15.5. The van der Waals surface area contributed by atoms with Gasteiger partial charge in [-0.15, -0.1) is 0 Å². The first-order valence-corrected chi connectivity index (χ1v) is 7.81. The lowest BCUT2D eigenvalue weighted by molar-refractivity contribution is 0.0711. The van der Waals surface area contributed by atoms with Gasteiger partial charge in [0.2, 0.25) is 0 Å². The Morgan fingerprint density at radius 2 is 2.00 bits per heavy atom. The van der Waals surface area contributed by atoms with Crippen LogP contribution >= 0.6 is 0 Å². The Labute approximate surface area is 134 Å². The van der Waals surface area contributed by atoms with Crippen LogP contribution in [0.4, 0.5) is 0 Å². The lowest BCUT2D eigenvalue weighted by Gasteiger charge is -2.31. The van der Waals surface area contributed by atoms with E-state index in [2.05, 4.69) is 15.1 Å². The second kappa shape index (κ2) is 5.98. The molecule has 23 heavy (non-hydrogen) atoms. The highest BCUT2D eigenvalue weighted by atomic mass is 16.2. The number of carbonyl (C=O) groups is 1. The molecule has 1 aliphatic rings. The van der Waals surface area contributed by atoms with Gasteiger partial charge in [0.1, 0.15) is 5.82 Å². The summed E-state index contributed by atoms with van der Waals surface area (Å²) in [5.41, 5.74) is 2.13. The van der Waals surface area contributed by atoms with Crippen LogP contribution in [-0.2, 0) is 7.05 Å². The summed E-state index contributed by atoms with van der Waals surface area (Å²) in [6, 6.07) is 1.57. The topological polar surface area (TPSA) is 83.9 Å². The van der Waals surface area contributed by atoms with Crippen molar-refractivity contribution in [3.8, 4) is 0 Å². The number of H-pyrrole nitrogens is 1. The fourth-order valence-electron chi connectivity index (χ4n) is 3.17. The number of carbonyl (C=O) groups excluding carboxylic acids is 1. The van der Waals surface area contributed by atoms with Crippen LogP contribution in [0.25, 0.3) is 0 Å². The van der Waals surface area contributed by atoms with Gasteiger partial charge in [-0.2, -0.15) is 5.10 Å². The zero-order valence-corrected chi connectivity index (χ0v) is 13.7. The third kappa shape index (κ3) is 3.18. The molecule has 2 aromatic heterocycles. The molecule has 1 aliphatic heterocycles. The van der Waals surface area contributed by atoms with E-state index in [1.807, 2.05) is 18.9 Å². The zero-order valence-electron chi connectivity index (χ0n) is 13.7. The van der Waals surface area contributed by atoms with E-state index in [9.17, 15) is 9.59 Å². The molecule has 0 bridgehead atoms. The Kier molecular flexibility index (Phi) is 4.02. The van der Waals surface area contributed by atoms with Crippen molar-refractivity contribution in [3.63, 3.8) is 0 Å². The summed E-state index contributed by atoms with van der Waals surface area (Å²) in [4.78, 5) is 33.1.